The monoisotopic (exact) mass is 425 g/mol. The van der Waals surface area contributed by atoms with Gasteiger partial charge in [-0.05, 0) is 48.7 Å². The summed E-state index contributed by atoms with van der Waals surface area (Å²) in [5.41, 5.74) is 0.0595. The number of hydrogen-bond donors (Lipinski definition) is 1. The second kappa shape index (κ2) is 6.53. The summed E-state index contributed by atoms with van der Waals surface area (Å²) < 4.78 is 38.3. The normalized spacial score (nSPS) is 16.1. The van der Waals surface area contributed by atoms with Crippen LogP contribution in [-0.2, 0) is 20.0 Å². The molecule has 2 aromatic rings. The Labute approximate surface area is 154 Å². The highest BCUT2D eigenvalue weighted by Crippen LogP contribution is 2.45. The summed E-state index contributed by atoms with van der Waals surface area (Å²) in [6.07, 6.45) is 3.30. The highest BCUT2D eigenvalue weighted by molar-refractivity contribution is 9.10. The van der Waals surface area contributed by atoms with Crippen LogP contribution in [0.3, 0.4) is 0 Å². The van der Waals surface area contributed by atoms with E-state index < -0.39 is 21.1 Å². The first-order valence-corrected chi connectivity index (χ1v) is 10.5. The van der Waals surface area contributed by atoms with E-state index >= 15 is 0 Å². The second-order valence-corrected chi connectivity index (χ2v) is 9.24. The maximum Gasteiger partial charge on any atom is 0.235 e. The van der Waals surface area contributed by atoms with Gasteiger partial charge in [-0.1, -0.05) is 34.5 Å². The molecule has 0 radical (unpaired) electrons. The van der Waals surface area contributed by atoms with Crippen LogP contribution in [0.15, 0.2) is 51.8 Å². The minimum Gasteiger partial charge on any atom is -0.323 e. The molecular formula is C18H17BrFNO3S. The number of halogens is 2. The Morgan fingerprint density at radius 3 is 2.32 bits per heavy atom. The molecule has 1 aliphatic rings. The molecule has 132 valence electrons. The van der Waals surface area contributed by atoms with Crippen LogP contribution >= 0.6 is 15.9 Å². The molecule has 25 heavy (non-hydrogen) atoms. The molecule has 0 spiro atoms. The van der Waals surface area contributed by atoms with Gasteiger partial charge in [-0.3, -0.25) is 4.79 Å². The van der Waals surface area contributed by atoms with Gasteiger partial charge in [-0.2, -0.15) is 0 Å². The Morgan fingerprint density at radius 1 is 1.16 bits per heavy atom. The molecule has 0 aliphatic heterocycles. The van der Waals surface area contributed by atoms with Crippen LogP contribution in [0.25, 0.3) is 0 Å². The van der Waals surface area contributed by atoms with Gasteiger partial charge in [-0.25, -0.2) is 12.8 Å². The minimum absolute atomic E-state index is 0.0319. The van der Waals surface area contributed by atoms with Gasteiger partial charge in [0.25, 0.3) is 0 Å². The van der Waals surface area contributed by atoms with Crippen LogP contribution in [0, 0.1) is 5.82 Å². The minimum atomic E-state index is -3.49. The molecule has 1 saturated carbocycles. The van der Waals surface area contributed by atoms with Gasteiger partial charge in [0.1, 0.15) is 5.82 Å². The van der Waals surface area contributed by atoms with Gasteiger partial charge >= 0.3 is 0 Å². The zero-order valence-corrected chi connectivity index (χ0v) is 16.0. The SMILES string of the molecule is CS(=O)(=O)c1ccc(F)c(NC(=O)C2(c3ccc(Br)cc3)CCC2)c1. The van der Waals surface area contributed by atoms with Crippen molar-refractivity contribution < 1.29 is 17.6 Å². The fraction of sp³-hybridized carbons (Fsp3) is 0.278. The van der Waals surface area contributed by atoms with Crippen LogP contribution in [0.2, 0.25) is 0 Å². The summed E-state index contributed by atoms with van der Waals surface area (Å²) in [6, 6.07) is 10.9. The standard InChI is InChI=1S/C18H17BrFNO3S/c1-25(23,24)14-7-8-15(20)16(11-14)21-17(22)18(9-2-10-18)12-3-5-13(19)6-4-12/h3-8,11H,2,9-10H2,1H3,(H,21,22). The van der Waals surface area contributed by atoms with E-state index in [1.807, 2.05) is 24.3 Å². The van der Waals surface area contributed by atoms with Gasteiger partial charge in [0.2, 0.25) is 5.91 Å². The number of anilines is 1. The summed E-state index contributed by atoms with van der Waals surface area (Å²) >= 11 is 3.37. The average molecular weight is 426 g/mol. The molecule has 1 aliphatic carbocycles. The molecule has 1 fully saturated rings. The van der Waals surface area contributed by atoms with Gasteiger partial charge < -0.3 is 5.32 Å². The lowest BCUT2D eigenvalue weighted by Crippen LogP contribution is -2.46. The first-order valence-electron chi connectivity index (χ1n) is 7.79. The van der Waals surface area contributed by atoms with Gasteiger partial charge in [-0.15, -0.1) is 0 Å². The Kier molecular flexibility index (Phi) is 4.72. The van der Waals surface area contributed by atoms with E-state index in [2.05, 4.69) is 21.2 Å². The molecule has 0 heterocycles. The van der Waals surface area contributed by atoms with Crippen molar-refractivity contribution in [2.45, 2.75) is 29.6 Å². The third-order valence-corrected chi connectivity index (χ3v) is 6.29. The number of carbonyl (C=O) groups is 1. The van der Waals surface area contributed by atoms with Crippen molar-refractivity contribution in [1.29, 1.82) is 0 Å². The molecule has 0 unspecified atom stereocenters. The van der Waals surface area contributed by atoms with Crippen LogP contribution < -0.4 is 5.32 Å². The zero-order chi connectivity index (χ0) is 18.2. The van der Waals surface area contributed by atoms with Crippen molar-refractivity contribution in [2.24, 2.45) is 0 Å². The van der Waals surface area contributed by atoms with Gasteiger partial charge in [0.05, 0.1) is 16.0 Å². The maximum atomic E-state index is 14.1. The van der Waals surface area contributed by atoms with Crippen LogP contribution in [0.4, 0.5) is 10.1 Å². The quantitative estimate of drug-likeness (QED) is 0.751. The molecule has 0 saturated heterocycles. The molecule has 3 rings (SSSR count). The largest absolute Gasteiger partial charge is 0.323 e. The van der Waals surface area contributed by atoms with Crippen LogP contribution in [0.1, 0.15) is 24.8 Å². The zero-order valence-electron chi connectivity index (χ0n) is 13.6. The van der Waals surface area contributed by atoms with Crippen molar-refractivity contribution in [1.82, 2.24) is 0 Å². The second-order valence-electron chi connectivity index (χ2n) is 6.31. The molecule has 1 amide bonds. The summed E-state index contributed by atoms with van der Waals surface area (Å²) in [4.78, 5) is 12.8. The number of rotatable bonds is 4. The first kappa shape index (κ1) is 18.1. The van der Waals surface area contributed by atoms with Crippen molar-refractivity contribution in [3.05, 3.63) is 58.3 Å². The van der Waals surface area contributed by atoms with E-state index in [0.717, 1.165) is 34.8 Å². The van der Waals surface area contributed by atoms with Crippen molar-refractivity contribution in [2.75, 3.05) is 11.6 Å². The van der Waals surface area contributed by atoms with Crippen molar-refractivity contribution in [3.63, 3.8) is 0 Å². The number of sulfone groups is 1. The average Bonchev–Trinajstić information content (AvgIpc) is 2.49. The summed E-state index contributed by atoms with van der Waals surface area (Å²) in [5.74, 6) is -0.975. The van der Waals surface area contributed by atoms with Gasteiger partial charge in [0, 0.05) is 10.7 Å². The molecule has 0 bridgehead atoms. The number of nitrogens with one attached hydrogen (secondary N) is 1. The Hall–Kier alpha value is -1.73. The fourth-order valence-corrected chi connectivity index (χ4v) is 3.93. The molecular weight excluding hydrogens is 409 g/mol. The summed E-state index contributed by atoms with van der Waals surface area (Å²) in [5, 5.41) is 2.59. The number of hydrogen-bond acceptors (Lipinski definition) is 3. The van der Waals surface area contributed by atoms with E-state index in [9.17, 15) is 17.6 Å². The lowest BCUT2D eigenvalue weighted by molar-refractivity contribution is -0.124. The topological polar surface area (TPSA) is 63.2 Å². The maximum absolute atomic E-state index is 14.1. The fourth-order valence-electron chi connectivity index (χ4n) is 3.02. The van der Waals surface area contributed by atoms with E-state index in [0.29, 0.717) is 12.8 Å². The Bertz CT molecular complexity index is 922. The lowest BCUT2D eigenvalue weighted by atomic mass is 9.64. The van der Waals surface area contributed by atoms with Crippen molar-refractivity contribution in [3.8, 4) is 0 Å². The molecule has 0 atom stereocenters. The lowest BCUT2D eigenvalue weighted by Gasteiger charge is -2.40. The number of amides is 1. The molecule has 1 N–H and O–H groups in total. The van der Waals surface area contributed by atoms with Crippen LogP contribution in [0.5, 0.6) is 0 Å². The third kappa shape index (κ3) is 3.48. The highest BCUT2D eigenvalue weighted by atomic mass is 79.9. The third-order valence-electron chi connectivity index (χ3n) is 4.65. The number of carbonyl (C=O) groups excluding carboxylic acids is 1. The Balaban J connectivity index is 1.92. The van der Waals surface area contributed by atoms with E-state index in [-0.39, 0.29) is 16.5 Å². The molecule has 7 heteroatoms. The van der Waals surface area contributed by atoms with Gasteiger partial charge in [0.15, 0.2) is 9.84 Å². The van der Waals surface area contributed by atoms with E-state index in [1.54, 1.807) is 0 Å². The first-order chi connectivity index (χ1) is 11.7. The Morgan fingerprint density at radius 2 is 1.80 bits per heavy atom. The van der Waals surface area contributed by atoms with E-state index in [4.69, 9.17) is 0 Å². The molecule has 4 nitrogen and oxygen atoms in total. The number of benzene rings is 2. The van der Waals surface area contributed by atoms with E-state index in [1.165, 1.54) is 6.07 Å². The van der Waals surface area contributed by atoms with Crippen molar-refractivity contribution >= 4 is 37.4 Å². The predicted octanol–water partition coefficient (Wildman–Crippen LogP) is 4.05. The smallest absolute Gasteiger partial charge is 0.235 e. The summed E-state index contributed by atoms with van der Waals surface area (Å²) in [6.45, 7) is 0. The molecule has 0 aromatic heterocycles. The highest BCUT2D eigenvalue weighted by Gasteiger charge is 2.45. The molecule has 2 aromatic carbocycles. The summed E-state index contributed by atoms with van der Waals surface area (Å²) in [7, 11) is -3.49. The predicted molar refractivity (Wildman–Crippen MR) is 97.8 cm³/mol. The van der Waals surface area contributed by atoms with Crippen LogP contribution in [-0.4, -0.2) is 20.6 Å².